The third-order valence-corrected chi connectivity index (χ3v) is 5.22. The smallest absolute Gasteiger partial charge is 0.231 e. The monoisotopic (exact) mass is 354 g/mol. The molecule has 0 aliphatic carbocycles. The number of ether oxygens (including phenoxy) is 2. The van der Waals surface area contributed by atoms with Gasteiger partial charge in [0.2, 0.25) is 6.79 Å². The van der Waals surface area contributed by atoms with Crippen molar-refractivity contribution in [2.75, 3.05) is 26.4 Å². The molecule has 5 heteroatoms. The highest BCUT2D eigenvalue weighted by Crippen LogP contribution is 2.42. The molecule has 2 aliphatic rings. The van der Waals surface area contributed by atoms with Gasteiger partial charge in [-0.1, -0.05) is 13.3 Å². The number of halogens is 1. The highest BCUT2D eigenvalue weighted by molar-refractivity contribution is 9.10. The molecule has 2 N–H and O–H groups in total. The summed E-state index contributed by atoms with van der Waals surface area (Å²) < 4.78 is 11.9. The van der Waals surface area contributed by atoms with Crippen molar-refractivity contribution in [2.45, 2.75) is 32.2 Å². The maximum Gasteiger partial charge on any atom is 0.231 e. The predicted octanol–water partition coefficient (Wildman–Crippen LogP) is 3.30. The summed E-state index contributed by atoms with van der Waals surface area (Å²) >= 11 is 3.58. The maximum absolute atomic E-state index is 6.09. The normalized spacial score (nSPS) is 23.3. The van der Waals surface area contributed by atoms with Gasteiger partial charge < -0.3 is 15.2 Å². The van der Waals surface area contributed by atoms with E-state index < -0.39 is 0 Å². The SMILES string of the molecule is CCC1CCCN(C(CN)c2cc(Br)c3c(c2)OCO3)C1. The zero-order chi connectivity index (χ0) is 14.8. The summed E-state index contributed by atoms with van der Waals surface area (Å²) in [5.41, 5.74) is 7.30. The van der Waals surface area contributed by atoms with Crippen LogP contribution < -0.4 is 15.2 Å². The average molecular weight is 355 g/mol. The van der Waals surface area contributed by atoms with Crippen molar-refractivity contribution in [1.82, 2.24) is 4.90 Å². The van der Waals surface area contributed by atoms with Gasteiger partial charge in [-0.25, -0.2) is 0 Å². The van der Waals surface area contributed by atoms with E-state index in [2.05, 4.69) is 39.9 Å². The van der Waals surface area contributed by atoms with Crippen molar-refractivity contribution in [3.8, 4) is 11.5 Å². The molecule has 0 radical (unpaired) electrons. The Hall–Kier alpha value is -0.780. The third-order valence-electron chi connectivity index (χ3n) is 4.63. The molecular weight excluding hydrogens is 332 g/mol. The van der Waals surface area contributed by atoms with Crippen molar-refractivity contribution in [3.63, 3.8) is 0 Å². The molecule has 0 aromatic heterocycles. The Bertz CT molecular complexity index is 509. The molecule has 1 aromatic carbocycles. The number of fused-ring (bicyclic) bond motifs is 1. The first-order chi connectivity index (χ1) is 10.2. The molecule has 0 spiro atoms. The van der Waals surface area contributed by atoms with E-state index in [4.69, 9.17) is 15.2 Å². The number of benzene rings is 1. The first-order valence-corrected chi connectivity index (χ1v) is 8.55. The molecule has 116 valence electrons. The van der Waals surface area contributed by atoms with Gasteiger partial charge in [-0.3, -0.25) is 4.90 Å². The van der Waals surface area contributed by atoms with Gasteiger partial charge >= 0.3 is 0 Å². The molecule has 1 aromatic rings. The average Bonchev–Trinajstić information content (AvgIpc) is 2.97. The highest BCUT2D eigenvalue weighted by Gasteiger charge is 2.27. The summed E-state index contributed by atoms with van der Waals surface area (Å²) in [6.45, 7) is 5.48. The molecule has 1 fully saturated rings. The summed E-state index contributed by atoms with van der Waals surface area (Å²) in [4.78, 5) is 2.53. The molecule has 3 rings (SSSR count). The lowest BCUT2D eigenvalue weighted by Crippen LogP contribution is -2.41. The largest absolute Gasteiger partial charge is 0.454 e. The van der Waals surface area contributed by atoms with Crippen LogP contribution in [0.3, 0.4) is 0 Å². The van der Waals surface area contributed by atoms with Crippen LogP contribution in [0.15, 0.2) is 16.6 Å². The van der Waals surface area contributed by atoms with Crippen molar-refractivity contribution in [3.05, 3.63) is 22.2 Å². The number of nitrogens with two attached hydrogens (primary N) is 1. The first-order valence-electron chi connectivity index (χ1n) is 7.76. The predicted molar refractivity (Wildman–Crippen MR) is 86.6 cm³/mol. The van der Waals surface area contributed by atoms with Crippen LogP contribution in [0.5, 0.6) is 11.5 Å². The molecule has 0 amide bonds. The van der Waals surface area contributed by atoms with E-state index in [1.165, 1.54) is 24.8 Å². The molecular formula is C16H23BrN2O2. The minimum Gasteiger partial charge on any atom is -0.454 e. The molecule has 2 atom stereocenters. The molecule has 4 nitrogen and oxygen atoms in total. The minimum atomic E-state index is 0.255. The van der Waals surface area contributed by atoms with Gasteiger partial charge in [0.05, 0.1) is 4.47 Å². The van der Waals surface area contributed by atoms with E-state index >= 15 is 0 Å². The van der Waals surface area contributed by atoms with Gasteiger partial charge in [-0.15, -0.1) is 0 Å². The zero-order valence-corrected chi connectivity index (χ0v) is 14.1. The van der Waals surface area contributed by atoms with Crippen molar-refractivity contribution in [2.24, 2.45) is 11.7 Å². The number of hydrogen-bond acceptors (Lipinski definition) is 4. The fourth-order valence-corrected chi connectivity index (χ4v) is 3.96. The summed E-state index contributed by atoms with van der Waals surface area (Å²) in [7, 11) is 0. The number of nitrogens with zero attached hydrogens (tertiary/aromatic N) is 1. The molecule has 1 saturated heterocycles. The molecule has 2 unspecified atom stereocenters. The van der Waals surface area contributed by atoms with Crippen LogP contribution in [-0.2, 0) is 0 Å². The van der Waals surface area contributed by atoms with Crippen LogP contribution in [0.4, 0.5) is 0 Å². The van der Waals surface area contributed by atoms with Gasteiger partial charge in [-0.2, -0.15) is 0 Å². The zero-order valence-electron chi connectivity index (χ0n) is 12.5. The number of rotatable bonds is 4. The summed E-state index contributed by atoms with van der Waals surface area (Å²) in [6.07, 6.45) is 3.86. The lowest BCUT2D eigenvalue weighted by molar-refractivity contribution is 0.124. The number of likely N-dealkylation sites (tertiary alicyclic amines) is 1. The summed E-state index contributed by atoms with van der Waals surface area (Å²) in [6, 6.07) is 4.46. The molecule has 21 heavy (non-hydrogen) atoms. The Kier molecular flexibility index (Phi) is 4.72. The number of hydrogen-bond donors (Lipinski definition) is 1. The quantitative estimate of drug-likeness (QED) is 0.900. The van der Waals surface area contributed by atoms with E-state index in [9.17, 15) is 0 Å². The van der Waals surface area contributed by atoms with Crippen LogP contribution in [0.1, 0.15) is 37.8 Å². The van der Waals surface area contributed by atoms with Crippen LogP contribution in [0.2, 0.25) is 0 Å². The lowest BCUT2D eigenvalue weighted by Gasteiger charge is -2.38. The lowest BCUT2D eigenvalue weighted by atomic mass is 9.93. The third kappa shape index (κ3) is 3.05. The van der Waals surface area contributed by atoms with Gasteiger partial charge in [0.25, 0.3) is 0 Å². The standard InChI is InChI=1S/C16H23BrN2O2/c1-2-11-4-3-5-19(9-11)14(8-18)12-6-13(17)16-15(7-12)20-10-21-16/h6-7,11,14H,2-5,8-10,18H2,1H3. The van der Waals surface area contributed by atoms with Gasteiger partial charge in [0.1, 0.15) is 0 Å². The van der Waals surface area contributed by atoms with E-state index in [0.29, 0.717) is 13.3 Å². The molecule has 0 saturated carbocycles. The first kappa shape index (κ1) is 15.1. The Labute approximate surface area is 134 Å². The Morgan fingerprint density at radius 1 is 1.43 bits per heavy atom. The van der Waals surface area contributed by atoms with Crippen molar-refractivity contribution in [1.29, 1.82) is 0 Å². The van der Waals surface area contributed by atoms with E-state index in [-0.39, 0.29) is 6.04 Å². The molecule has 2 heterocycles. The summed E-state index contributed by atoms with van der Waals surface area (Å²) in [5.74, 6) is 2.42. The van der Waals surface area contributed by atoms with Gasteiger partial charge in [-0.05, 0) is 58.9 Å². The van der Waals surface area contributed by atoms with Crippen LogP contribution >= 0.6 is 15.9 Å². The second-order valence-corrected chi connectivity index (χ2v) is 6.75. The second kappa shape index (κ2) is 6.55. The van der Waals surface area contributed by atoms with Crippen molar-refractivity contribution >= 4 is 15.9 Å². The Balaban J connectivity index is 1.84. The van der Waals surface area contributed by atoms with E-state index in [0.717, 1.165) is 35.0 Å². The second-order valence-electron chi connectivity index (χ2n) is 5.90. The molecule has 2 aliphatic heterocycles. The van der Waals surface area contributed by atoms with E-state index in [1.807, 2.05) is 0 Å². The topological polar surface area (TPSA) is 47.7 Å². The molecule has 0 bridgehead atoms. The van der Waals surface area contributed by atoms with Crippen LogP contribution in [0.25, 0.3) is 0 Å². The van der Waals surface area contributed by atoms with Crippen LogP contribution in [-0.4, -0.2) is 31.3 Å². The fraction of sp³-hybridized carbons (Fsp3) is 0.625. The van der Waals surface area contributed by atoms with E-state index in [1.54, 1.807) is 0 Å². The minimum absolute atomic E-state index is 0.255. The van der Waals surface area contributed by atoms with Crippen molar-refractivity contribution < 1.29 is 9.47 Å². The van der Waals surface area contributed by atoms with Crippen LogP contribution in [0, 0.1) is 5.92 Å². The Morgan fingerprint density at radius 2 is 2.29 bits per heavy atom. The summed E-state index contributed by atoms with van der Waals surface area (Å²) in [5, 5.41) is 0. The van der Waals surface area contributed by atoms with Gasteiger partial charge in [0.15, 0.2) is 11.5 Å². The highest BCUT2D eigenvalue weighted by atomic mass is 79.9. The number of piperidine rings is 1. The Morgan fingerprint density at radius 3 is 3.05 bits per heavy atom. The fourth-order valence-electron chi connectivity index (χ4n) is 3.39. The van der Waals surface area contributed by atoms with Gasteiger partial charge in [0, 0.05) is 19.1 Å². The maximum atomic E-state index is 6.09.